The fraction of sp³-hybridized carbons (Fsp3) is 0.667. The predicted octanol–water partition coefficient (Wildman–Crippen LogP) is 4.27. The summed E-state index contributed by atoms with van der Waals surface area (Å²) in [5, 5.41) is 7.10. The van der Waals surface area contributed by atoms with E-state index in [0.29, 0.717) is 11.3 Å². The number of nitrogens with zero attached hydrogens (tertiary/aromatic N) is 2. The van der Waals surface area contributed by atoms with Gasteiger partial charge in [0.25, 0.3) is 0 Å². The van der Waals surface area contributed by atoms with Crippen LogP contribution in [0.3, 0.4) is 0 Å². The second-order valence-corrected chi connectivity index (χ2v) is 8.90. The van der Waals surface area contributed by atoms with Crippen molar-refractivity contribution in [3.8, 4) is 0 Å². The Balaban J connectivity index is 0.00000280. The van der Waals surface area contributed by atoms with Gasteiger partial charge in [-0.05, 0) is 61.3 Å². The van der Waals surface area contributed by atoms with Gasteiger partial charge in [0.05, 0.1) is 0 Å². The molecule has 1 unspecified atom stereocenters. The number of guanidine groups is 1. The first-order valence-electron chi connectivity index (χ1n) is 10.1. The lowest BCUT2D eigenvalue weighted by Gasteiger charge is -2.42. The number of ether oxygens (including phenoxy) is 1. The summed E-state index contributed by atoms with van der Waals surface area (Å²) in [4.78, 5) is 6.90. The van der Waals surface area contributed by atoms with Crippen molar-refractivity contribution < 1.29 is 4.74 Å². The van der Waals surface area contributed by atoms with E-state index >= 15 is 0 Å². The SMILES string of the molecule is CN=C(NCC1CCN(c2ccc(Br)cc2)C1)NCC1(CCOC)CCC1.I. The molecule has 2 fully saturated rings. The molecule has 158 valence electrons. The third kappa shape index (κ3) is 6.49. The van der Waals surface area contributed by atoms with Gasteiger partial charge in [-0.2, -0.15) is 0 Å². The number of aliphatic imine (C=N–C) groups is 1. The first-order chi connectivity index (χ1) is 13.1. The summed E-state index contributed by atoms with van der Waals surface area (Å²) in [6, 6.07) is 8.62. The normalized spacial score (nSPS) is 21.0. The van der Waals surface area contributed by atoms with Crippen LogP contribution in [0.25, 0.3) is 0 Å². The van der Waals surface area contributed by atoms with Gasteiger partial charge in [0.1, 0.15) is 0 Å². The van der Waals surface area contributed by atoms with Crippen LogP contribution in [0.1, 0.15) is 32.1 Å². The molecular formula is C21H34BrIN4O. The van der Waals surface area contributed by atoms with Crippen LogP contribution in [0, 0.1) is 11.3 Å². The van der Waals surface area contributed by atoms with E-state index in [2.05, 4.69) is 60.7 Å². The summed E-state index contributed by atoms with van der Waals surface area (Å²) < 4.78 is 6.43. The number of hydrogen-bond donors (Lipinski definition) is 2. The summed E-state index contributed by atoms with van der Waals surface area (Å²) in [5.74, 6) is 1.58. The van der Waals surface area contributed by atoms with Crippen molar-refractivity contribution >= 4 is 51.6 Å². The zero-order valence-electron chi connectivity index (χ0n) is 17.0. The molecule has 7 heteroatoms. The molecule has 0 aromatic heterocycles. The van der Waals surface area contributed by atoms with E-state index in [1.807, 2.05) is 7.05 Å². The molecule has 28 heavy (non-hydrogen) atoms. The van der Waals surface area contributed by atoms with Crippen LogP contribution in [0.5, 0.6) is 0 Å². The maximum absolute atomic E-state index is 5.29. The Labute approximate surface area is 195 Å². The Kier molecular flexibility index (Phi) is 9.83. The van der Waals surface area contributed by atoms with Crippen molar-refractivity contribution in [2.75, 3.05) is 51.8 Å². The molecule has 1 aromatic carbocycles. The van der Waals surface area contributed by atoms with E-state index in [1.54, 1.807) is 7.11 Å². The van der Waals surface area contributed by atoms with Gasteiger partial charge in [-0.25, -0.2) is 0 Å². The topological polar surface area (TPSA) is 48.9 Å². The lowest BCUT2D eigenvalue weighted by atomic mass is 9.67. The highest BCUT2D eigenvalue weighted by molar-refractivity contribution is 14.0. The van der Waals surface area contributed by atoms with E-state index in [0.717, 1.165) is 49.6 Å². The van der Waals surface area contributed by atoms with Crippen LogP contribution in [0.4, 0.5) is 5.69 Å². The van der Waals surface area contributed by atoms with Gasteiger partial charge in [-0.15, -0.1) is 24.0 Å². The number of anilines is 1. The third-order valence-corrected chi connectivity index (χ3v) is 6.67. The summed E-state index contributed by atoms with van der Waals surface area (Å²) in [7, 11) is 3.65. The smallest absolute Gasteiger partial charge is 0.191 e. The lowest BCUT2D eigenvalue weighted by Crippen LogP contribution is -2.47. The average molecular weight is 565 g/mol. The zero-order chi connectivity index (χ0) is 19.1. The van der Waals surface area contributed by atoms with Crippen molar-refractivity contribution in [2.45, 2.75) is 32.1 Å². The van der Waals surface area contributed by atoms with Crippen LogP contribution in [-0.2, 0) is 4.74 Å². The second-order valence-electron chi connectivity index (χ2n) is 7.98. The summed E-state index contributed by atoms with van der Waals surface area (Å²) in [5.41, 5.74) is 1.72. The Bertz CT molecular complexity index is 621. The molecule has 1 heterocycles. The summed E-state index contributed by atoms with van der Waals surface area (Å²) >= 11 is 3.51. The third-order valence-electron chi connectivity index (χ3n) is 6.14. The quantitative estimate of drug-likeness (QED) is 0.281. The number of nitrogens with one attached hydrogen (secondary N) is 2. The molecule has 2 aliphatic rings. The lowest BCUT2D eigenvalue weighted by molar-refractivity contribution is 0.0732. The number of rotatable bonds is 8. The molecular weight excluding hydrogens is 531 g/mol. The highest BCUT2D eigenvalue weighted by Gasteiger charge is 2.36. The highest BCUT2D eigenvalue weighted by atomic mass is 127. The van der Waals surface area contributed by atoms with Gasteiger partial charge in [0, 0.05) is 57.1 Å². The minimum Gasteiger partial charge on any atom is -0.385 e. The minimum absolute atomic E-state index is 0. The van der Waals surface area contributed by atoms with E-state index in [9.17, 15) is 0 Å². The van der Waals surface area contributed by atoms with Crippen LogP contribution in [0.15, 0.2) is 33.7 Å². The van der Waals surface area contributed by atoms with Gasteiger partial charge >= 0.3 is 0 Å². The number of methoxy groups -OCH3 is 1. The van der Waals surface area contributed by atoms with E-state index in [1.165, 1.54) is 31.4 Å². The van der Waals surface area contributed by atoms with Gasteiger partial charge in [0.2, 0.25) is 0 Å². The molecule has 0 spiro atoms. The van der Waals surface area contributed by atoms with E-state index < -0.39 is 0 Å². The van der Waals surface area contributed by atoms with Crippen LogP contribution >= 0.6 is 39.9 Å². The van der Waals surface area contributed by atoms with E-state index in [-0.39, 0.29) is 24.0 Å². The van der Waals surface area contributed by atoms with Crippen LogP contribution in [-0.4, -0.2) is 52.9 Å². The molecule has 5 nitrogen and oxygen atoms in total. The summed E-state index contributed by atoms with van der Waals surface area (Å²) in [6.07, 6.45) is 6.29. The first kappa shape index (κ1) is 23.7. The van der Waals surface area contributed by atoms with Gasteiger partial charge in [0.15, 0.2) is 5.96 Å². The molecule has 0 amide bonds. The van der Waals surface area contributed by atoms with Crippen molar-refractivity contribution in [2.24, 2.45) is 16.3 Å². The Morgan fingerprint density at radius 2 is 2.04 bits per heavy atom. The maximum atomic E-state index is 5.29. The average Bonchev–Trinajstić information content (AvgIpc) is 3.12. The Hall–Kier alpha value is -0.540. The molecule has 1 aliphatic carbocycles. The molecule has 1 atom stereocenters. The van der Waals surface area contributed by atoms with Crippen molar-refractivity contribution in [1.82, 2.24) is 10.6 Å². The highest BCUT2D eigenvalue weighted by Crippen LogP contribution is 2.43. The van der Waals surface area contributed by atoms with Crippen molar-refractivity contribution in [1.29, 1.82) is 0 Å². The minimum atomic E-state index is 0. The molecule has 1 saturated heterocycles. The molecule has 2 N–H and O–H groups in total. The van der Waals surface area contributed by atoms with Gasteiger partial charge < -0.3 is 20.3 Å². The monoisotopic (exact) mass is 564 g/mol. The Morgan fingerprint density at radius 1 is 1.29 bits per heavy atom. The predicted molar refractivity (Wildman–Crippen MR) is 132 cm³/mol. The molecule has 3 rings (SSSR count). The maximum Gasteiger partial charge on any atom is 0.191 e. The molecule has 1 aromatic rings. The fourth-order valence-electron chi connectivity index (χ4n) is 4.13. The van der Waals surface area contributed by atoms with Gasteiger partial charge in [-0.3, -0.25) is 4.99 Å². The standard InChI is InChI=1S/C21H33BrN4O.HI/c1-23-20(25-16-21(9-3-10-21)11-13-27-2)24-14-17-8-12-26(15-17)19-6-4-18(22)5-7-19;/h4-7,17H,3,8-16H2,1-2H3,(H2,23,24,25);1H. The number of benzene rings is 1. The number of hydrogen-bond acceptors (Lipinski definition) is 3. The van der Waals surface area contributed by atoms with Crippen LogP contribution in [0.2, 0.25) is 0 Å². The molecule has 1 aliphatic heterocycles. The van der Waals surface area contributed by atoms with Crippen LogP contribution < -0.4 is 15.5 Å². The Morgan fingerprint density at radius 3 is 2.64 bits per heavy atom. The zero-order valence-corrected chi connectivity index (χ0v) is 21.0. The van der Waals surface area contributed by atoms with Crippen molar-refractivity contribution in [3.63, 3.8) is 0 Å². The van der Waals surface area contributed by atoms with Crippen molar-refractivity contribution in [3.05, 3.63) is 28.7 Å². The molecule has 1 saturated carbocycles. The number of halogens is 2. The van der Waals surface area contributed by atoms with Gasteiger partial charge in [-0.1, -0.05) is 22.4 Å². The molecule has 0 bridgehead atoms. The van der Waals surface area contributed by atoms with E-state index in [4.69, 9.17) is 4.74 Å². The first-order valence-corrected chi connectivity index (χ1v) is 10.9. The second kappa shape index (κ2) is 11.6. The fourth-order valence-corrected chi connectivity index (χ4v) is 4.39. The largest absolute Gasteiger partial charge is 0.385 e. The molecule has 0 radical (unpaired) electrons. The summed E-state index contributed by atoms with van der Waals surface area (Å²) in [6.45, 7) is 5.04.